The summed E-state index contributed by atoms with van der Waals surface area (Å²) >= 11 is 2.14. The Morgan fingerprint density at radius 1 is 1.20 bits per heavy atom. The molecule has 2 rings (SSSR count). The van der Waals surface area contributed by atoms with Crippen LogP contribution in [0.25, 0.3) is 0 Å². The Hall–Kier alpha value is 0.310. The van der Waals surface area contributed by atoms with E-state index in [1.54, 1.807) is 0 Å². The van der Waals surface area contributed by atoms with E-state index in [4.69, 9.17) is 0 Å². The molecule has 2 heteroatoms. The van der Waals surface area contributed by atoms with Crippen molar-refractivity contribution in [1.82, 2.24) is 5.32 Å². The van der Waals surface area contributed by atoms with Crippen LogP contribution < -0.4 is 5.32 Å². The standard InChI is InChI=1S/C8H15NS/c1-3-9-5-8-6-10-4-2-7(1)8/h7-9H,1-6H2. The normalized spacial score (nSPS) is 40.8. The minimum atomic E-state index is 1.01. The molecule has 0 aliphatic carbocycles. The van der Waals surface area contributed by atoms with Crippen molar-refractivity contribution in [1.29, 1.82) is 0 Å². The van der Waals surface area contributed by atoms with Gasteiger partial charge in [0.2, 0.25) is 0 Å². The van der Waals surface area contributed by atoms with Crippen LogP contribution in [0.15, 0.2) is 0 Å². The van der Waals surface area contributed by atoms with E-state index in [0.29, 0.717) is 0 Å². The zero-order valence-corrected chi connectivity index (χ0v) is 7.12. The van der Waals surface area contributed by atoms with Gasteiger partial charge in [0.1, 0.15) is 0 Å². The Kier molecular flexibility index (Phi) is 2.19. The van der Waals surface area contributed by atoms with Crippen LogP contribution in [0.4, 0.5) is 0 Å². The average molecular weight is 157 g/mol. The van der Waals surface area contributed by atoms with Crippen LogP contribution in [-0.4, -0.2) is 24.6 Å². The monoisotopic (exact) mass is 157 g/mol. The molecule has 0 aromatic heterocycles. The first-order valence-corrected chi connectivity index (χ1v) is 5.41. The molecule has 0 amide bonds. The van der Waals surface area contributed by atoms with E-state index < -0.39 is 0 Å². The molecule has 2 atom stereocenters. The smallest absolute Gasteiger partial charge is 0.000995 e. The van der Waals surface area contributed by atoms with Crippen molar-refractivity contribution < 1.29 is 0 Å². The third-order valence-corrected chi connectivity index (χ3v) is 3.92. The lowest BCUT2D eigenvalue weighted by atomic mass is 9.85. The highest BCUT2D eigenvalue weighted by atomic mass is 32.2. The molecular formula is C8H15NS. The minimum absolute atomic E-state index is 1.01. The van der Waals surface area contributed by atoms with Crippen molar-refractivity contribution in [3.05, 3.63) is 0 Å². The number of nitrogens with one attached hydrogen (secondary N) is 1. The van der Waals surface area contributed by atoms with Crippen molar-refractivity contribution in [2.24, 2.45) is 11.8 Å². The average Bonchev–Trinajstić information content (AvgIpc) is 2.05. The fourth-order valence-electron chi connectivity index (χ4n) is 2.02. The molecule has 1 N–H and O–H groups in total. The number of hydrogen-bond donors (Lipinski definition) is 1. The molecule has 2 aliphatic rings. The number of rotatable bonds is 0. The summed E-state index contributed by atoms with van der Waals surface area (Å²) in [5, 5.41) is 3.47. The molecule has 2 fully saturated rings. The van der Waals surface area contributed by atoms with Crippen LogP contribution in [0.3, 0.4) is 0 Å². The number of fused-ring (bicyclic) bond motifs is 1. The molecule has 2 aliphatic heterocycles. The maximum atomic E-state index is 3.47. The third kappa shape index (κ3) is 1.32. The SMILES string of the molecule is C1CC2CCSCC2CN1. The molecule has 2 saturated heterocycles. The summed E-state index contributed by atoms with van der Waals surface area (Å²) in [5.74, 6) is 4.91. The lowest BCUT2D eigenvalue weighted by Gasteiger charge is -2.35. The van der Waals surface area contributed by atoms with Gasteiger partial charge in [0.25, 0.3) is 0 Å². The zero-order valence-electron chi connectivity index (χ0n) is 6.31. The van der Waals surface area contributed by atoms with E-state index in [1.807, 2.05) is 0 Å². The number of piperidine rings is 1. The summed E-state index contributed by atoms with van der Waals surface area (Å²) in [6, 6.07) is 0. The highest BCUT2D eigenvalue weighted by Crippen LogP contribution is 2.31. The van der Waals surface area contributed by atoms with E-state index in [-0.39, 0.29) is 0 Å². The van der Waals surface area contributed by atoms with Gasteiger partial charge in [0.15, 0.2) is 0 Å². The predicted octanol–water partition coefficient (Wildman–Crippen LogP) is 1.35. The molecular weight excluding hydrogens is 142 g/mol. The molecule has 0 bridgehead atoms. The van der Waals surface area contributed by atoms with Crippen LogP contribution in [0.2, 0.25) is 0 Å². The highest BCUT2D eigenvalue weighted by Gasteiger charge is 2.27. The Morgan fingerprint density at radius 3 is 3.10 bits per heavy atom. The topological polar surface area (TPSA) is 12.0 Å². The van der Waals surface area contributed by atoms with Gasteiger partial charge in [-0.05, 0) is 49.3 Å². The van der Waals surface area contributed by atoms with Crippen molar-refractivity contribution in [3.8, 4) is 0 Å². The Morgan fingerprint density at radius 2 is 2.20 bits per heavy atom. The molecule has 0 aromatic rings. The molecule has 0 radical (unpaired) electrons. The largest absolute Gasteiger partial charge is 0.316 e. The molecule has 1 nitrogen and oxygen atoms in total. The van der Waals surface area contributed by atoms with Gasteiger partial charge in [-0.3, -0.25) is 0 Å². The van der Waals surface area contributed by atoms with Crippen LogP contribution in [0.1, 0.15) is 12.8 Å². The van der Waals surface area contributed by atoms with Crippen LogP contribution >= 0.6 is 11.8 Å². The first-order chi connectivity index (χ1) is 4.97. The van der Waals surface area contributed by atoms with E-state index >= 15 is 0 Å². The lowest BCUT2D eigenvalue weighted by Crippen LogP contribution is -2.39. The first kappa shape index (κ1) is 6.99. The molecule has 2 unspecified atom stereocenters. The van der Waals surface area contributed by atoms with Gasteiger partial charge < -0.3 is 5.32 Å². The van der Waals surface area contributed by atoms with E-state index in [9.17, 15) is 0 Å². The van der Waals surface area contributed by atoms with Crippen LogP contribution in [0, 0.1) is 11.8 Å². The molecule has 0 saturated carbocycles. The maximum Gasteiger partial charge on any atom is -0.000995 e. The van der Waals surface area contributed by atoms with Crippen molar-refractivity contribution in [2.45, 2.75) is 12.8 Å². The molecule has 2 heterocycles. The van der Waals surface area contributed by atoms with Gasteiger partial charge >= 0.3 is 0 Å². The maximum absolute atomic E-state index is 3.47. The summed E-state index contributed by atoms with van der Waals surface area (Å²) < 4.78 is 0. The Balaban J connectivity index is 1.93. The molecule has 0 spiro atoms. The summed E-state index contributed by atoms with van der Waals surface area (Å²) in [6.07, 6.45) is 2.92. The summed E-state index contributed by atoms with van der Waals surface area (Å²) in [5.41, 5.74) is 0. The van der Waals surface area contributed by atoms with Gasteiger partial charge in [-0.2, -0.15) is 11.8 Å². The second kappa shape index (κ2) is 3.14. The second-order valence-electron chi connectivity index (χ2n) is 3.38. The van der Waals surface area contributed by atoms with E-state index in [0.717, 1.165) is 11.8 Å². The lowest BCUT2D eigenvalue weighted by molar-refractivity contribution is 0.266. The van der Waals surface area contributed by atoms with E-state index in [2.05, 4.69) is 17.1 Å². The summed E-state index contributed by atoms with van der Waals surface area (Å²) in [4.78, 5) is 0. The fourth-order valence-corrected chi connectivity index (χ4v) is 3.35. The van der Waals surface area contributed by atoms with Gasteiger partial charge in [-0.15, -0.1) is 0 Å². The quantitative estimate of drug-likeness (QED) is 0.569. The second-order valence-corrected chi connectivity index (χ2v) is 4.53. The van der Waals surface area contributed by atoms with Crippen molar-refractivity contribution >= 4 is 11.8 Å². The van der Waals surface area contributed by atoms with Crippen molar-refractivity contribution in [3.63, 3.8) is 0 Å². The number of hydrogen-bond acceptors (Lipinski definition) is 2. The van der Waals surface area contributed by atoms with E-state index in [1.165, 1.54) is 37.4 Å². The van der Waals surface area contributed by atoms with Crippen molar-refractivity contribution in [2.75, 3.05) is 24.6 Å². The van der Waals surface area contributed by atoms with Crippen LogP contribution in [0.5, 0.6) is 0 Å². The fraction of sp³-hybridized carbons (Fsp3) is 1.00. The summed E-state index contributed by atoms with van der Waals surface area (Å²) in [6.45, 7) is 2.56. The first-order valence-electron chi connectivity index (χ1n) is 4.25. The van der Waals surface area contributed by atoms with Gasteiger partial charge in [0, 0.05) is 0 Å². The van der Waals surface area contributed by atoms with Gasteiger partial charge in [-0.1, -0.05) is 0 Å². The van der Waals surface area contributed by atoms with Gasteiger partial charge in [0.05, 0.1) is 0 Å². The van der Waals surface area contributed by atoms with Crippen LogP contribution in [-0.2, 0) is 0 Å². The summed E-state index contributed by atoms with van der Waals surface area (Å²) in [7, 11) is 0. The molecule has 58 valence electrons. The molecule has 10 heavy (non-hydrogen) atoms. The highest BCUT2D eigenvalue weighted by molar-refractivity contribution is 7.99. The predicted molar refractivity (Wildman–Crippen MR) is 46.4 cm³/mol. The Labute approximate surface area is 67.0 Å². The minimum Gasteiger partial charge on any atom is -0.316 e. The zero-order chi connectivity index (χ0) is 6.81. The van der Waals surface area contributed by atoms with Gasteiger partial charge in [-0.25, -0.2) is 0 Å². The third-order valence-electron chi connectivity index (χ3n) is 2.73. The number of thioether (sulfide) groups is 1. The Bertz CT molecular complexity index is 89.8. The molecule has 0 aromatic carbocycles.